The molecule has 0 saturated carbocycles. The van der Waals surface area contributed by atoms with Gasteiger partial charge in [0.1, 0.15) is 19.8 Å². The van der Waals surface area contributed by atoms with Crippen molar-refractivity contribution in [2.75, 3.05) is 38.3 Å². The van der Waals surface area contributed by atoms with E-state index in [0.29, 0.717) is 30.4 Å². The molecule has 1 unspecified atom stereocenters. The minimum Gasteiger partial charge on any atom is -0.486 e. The summed E-state index contributed by atoms with van der Waals surface area (Å²) in [5.41, 5.74) is 0.639. The number of carboxylic acids is 1. The summed E-state index contributed by atoms with van der Waals surface area (Å²) in [6, 6.07) is 5.21. The van der Waals surface area contributed by atoms with Crippen LogP contribution < -0.4 is 14.4 Å². The first-order chi connectivity index (χ1) is 11.5. The lowest BCUT2D eigenvalue weighted by molar-refractivity contribution is -0.145. The van der Waals surface area contributed by atoms with E-state index in [1.54, 1.807) is 18.2 Å². The van der Waals surface area contributed by atoms with Crippen LogP contribution in [0.25, 0.3) is 0 Å². The van der Waals surface area contributed by atoms with E-state index >= 15 is 0 Å². The van der Waals surface area contributed by atoms with Crippen LogP contribution in [0.2, 0.25) is 0 Å². The first kappa shape index (κ1) is 16.1. The van der Waals surface area contributed by atoms with Crippen molar-refractivity contribution < 1.29 is 29.0 Å². The Kier molecular flexibility index (Phi) is 4.28. The number of fused-ring (bicyclic) bond motifs is 1. The molecule has 1 aromatic carbocycles. The SMILES string of the molecule is CN(CC(=O)O)C(=O)C1CC(=O)N(c2ccc3c(c2)OCCO3)C1. The smallest absolute Gasteiger partial charge is 0.323 e. The first-order valence-electron chi connectivity index (χ1n) is 7.62. The second kappa shape index (κ2) is 6.38. The molecule has 1 saturated heterocycles. The molecule has 0 radical (unpaired) electrons. The number of hydrogen-bond donors (Lipinski definition) is 1. The van der Waals surface area contributed by atoms with E-state index in [0.717, 1.165) is 4.90 Å². The molecule has 2 heterocycles. The molecule has 1 fully saturated rings. The second-order valence-corrected chi connectivity index (χ2v) is 5.82. The second-order valence-electron chi connectivity index (χ2n) is 5.82. The zero-order valence-corrected chi connectivity index (χ0v) is 13.2. The van der Waals surface area contributed by atoms with Gasteiger partial charge in [0, 0.05) is 31.8 Å². The molecule has 1 atom stereocenters. The number of carbonyl (C=O) groups is 3. The quantitative estimate of drug-likeness (QED) is 0.854. The van der Waals surface area contributed by atoms with Crippen molar-refractivity contribution in [2.24, 2.45) is 5.92 Å². The summed E-state index contributed by atoms with van der Waals surface area (Å²) < 4.78 is 11.0. The lowest BCUT2D eigenvalue weighted by Gasteiger charge is -2.23. The fourth-order valence-electron chi connectivity index (χ4n) is 2.91. The Bertz CT molecular complexity index is 689. The third-order valence-corrected chi connectivity index (χ3v) is 4.06. The van der Waals surface area contributed by atoms with Gasteiger partial charge in [0.25, 0.3) is 0 Å². The number of rotatable bonds is 4. The van der Waals surface area contributed by atoms with Crippen molar-refractivity contribution >= 4 is 23.5 Å². The molecule has 24 heavy (non-hydrogen) atoms. The van der Waals surface area contributed by atoms with Crippen molar-refractivity contribution in [1.82, 2.24) is 4.90 Å². The molecule has 2 aliphatic heterocycles. The molecule has 1 N–H and O–H groups in total. The summed E-state index contributed by atoms with van der Waals surface area (Å²) >= 11 is 0. The summed E-state index contributed by atoms with van der Waals surface area (Å²) in [6.07, 6.45) is 0.0667. The molecule has 8 heteroatoms. The van der Waals surface area contributed by atoms with Gasteiger partial charge < -0.3 is 24.4 Å². The Labute approximate surface area is 138 Å². The topological polar surface area (TPSA) is 96.4 Å². The number of ether oxygens (including phenoxy) is 2. The maximum absolute atomic E-state index is 12.3. The van der Waals surface area contributed by atoms with Gasteiger partial charge in [-0.15, -0.1) is 0 Å². The standard InChI is InChI=1S/C16H18N2O6/c1-17(9-15(20)21)16(22)10-6-14(19)18(8-10)11-2-3-12-13(7-11)24-5-4-23-12/h2-3,7,10H,4-6,8-9H2,1H3,(H,20,21). The highest BCUT2D eigenvalue weighted by atomic mass is 16.6. The number of anilines is 1. The fraction of sp³-hybridized carbons (Fsp3) is 0.438. The number of amides is 2. The highest BCUT2D eigenvalue weighted by Gasteiger charge is 2.37. The molecule has 2 amide bonds. The van der Waals surface area contributed by atoms with Gasteiger partial charge in [0.15, 0.2) is 11.5 Å². The van der Waals surface area contributed by atoms with Gasteiger partial charge in [-0.3, -0.25) is 14.4 Å². The molecule has 2 aliphatic rings. The lowest BCUT2D eigenvalue weighted by atomic mass is 10.1. The molecule has 0 aromatic heterocycles. The van der Waals surface area contributed by atoms with Crippen LogP contribution in [-0.2, 0) is 14.4 Å². The lowest BCUT2D eigenvalue weighted by Crippen LogP contribution is -2.37. The predicted molar refractivity (Wildman–Crippen MR) is 83.2 cm³/mol. The number of likely N-dealkylation sites (N-methyl/N-ethyl adjacent to an activating group) is 1. The monoisotopic (exact) mass is 334 g/mol. The number of nitrogens with zero attached hydrogens (tertiary/aromatic N) is 2. The van der Waals surface area contributed by atoms with Gasteiger partial charge in [0.2, 0.25) is 11.8 Å². The van der Waals surface area contributed by atoms with Crippen molar-refractivity contribution in [3.63, 3.8) is 0 Å². The zero-order valence-electron chi connectivity index (χ0n) is 13.2. The number of aliphatic carboxylic acids is 1. The van der Waals surface area contributed by atoms with E-state index < -0.39 is 11.9 Å². The molecule has 128 valence electrons. The summed E-state index contributed by atoms with van der Waals surface area (Å²) in [4.78, 5) is 37.9. The van der Waals surface area contributed by atoms with Gasteiger partial charge in [0.05, 0.1) is 5.92 Å². The number of benzene rings is 1. The number of hydrogen-bond acceptors (Lipinski definition) is 5. The zero-order chi connectivity index (χ0) is 17.3. The Hall–Kier alpha value is -2.77. The van der Waals surface area contributed by atoms with E-state index in [2.05, 4.69) is 0 Å². The average molecular weight is 334 g/mol. The Morgan fingerprint density at radius 2 is 2.00 bits per heavy atom. The minimum atomic E-state index is -1.08. The summed E-state index contributed by atoms with van der Waals surface area (Å²) in [6.45, 7) is 0.780. The van der Waals surface area contributed by atoms with Crippen molar-refractivity contribution in [3.05, 3.63) is 18.2 Å². The van der Waals surface area contributed by atoms with Crippen LogP contribution in [0.5, 0.6) is 11.5 Å². The largest absolute Gasteiger partial charge is 0.486 e. The average Bonchev–Trinajstić information content (AvgIpc) is 2.94. The summed E-state index contributed by atoms with van der Waals surface area (Å²) in [7, 11) is 1.42. The van der Waals surface area contributed by atoms with E-state index in [1.807, 2.05) is 0 Å². The van der Waals surface area contributed by atoms with Crippen LogP contribution in [0.1, 0.15) is 6.42 Å². The Morgan fingerprint density at radius 1 is 1.29 bits per heavy atom. The highest BCUT2D eigenvalue weighted by Crippen LogP contribution is 2.36. The molecule has 8 nitrogen and oxygen atoms in total. The Morgan fingerprint density at radius 3 is 2.71 bits per heavy atom. The predicted octanol–water partition coefficient (Wildman–Crippen LogP) is 0.354. The summed E-state index contributed by atoms with van der Waals surface area (Å²) in [5, 5.41) is 8.77. The molecule has 0 spiro atoms. The molecule has 0 aliphatic carbocycles. The van der Waals surface area contributed by atoms with Gasteiger partial charge in [-0.05, 0) is 12.1 Å². The van der Waals surface area contributed by atoms with Crippen LogP contribution in [0, 0.1) is 5.92 Å². The van der Waals surface area contributed by atoms with Gasteiger partial charge in [-0.25, -0.2) is 0 Å². The first-order valence-corrected chi connectivity index (χ1v) is 7.62. The normalized spacial score (nSPS) is 19.3. The third kappa shape index (κ3) is 3.12. The molecule has 0 bridgehead atoms. The number of carboxylic acid groups (broad SMARTS) is 1. The van der Waals surface area contributed by atoms with Crippen molar-refractivity contribution in [2.45, 2.75) is 6.42 Å². The maximum Gasteiger partial charge on any atom is 0.323 e. The van der Waals surface area contributed by atoms with Crippen LogP contribution in [0.4, 0.5) is 5.69 Å². The fourth-order valence-corrected chi connectivity index (χ4v) is 2.91. The van der Waals surface area contributed by atoms with E-state index in [-0.39, 0.29) is 31.3 Å². The van der Waals surface area contributed by atoms with Crippen LogP contribution in [0.3, 0.4) is 0 Å². The van der Waals surface area contributed by atoms with Gasteiger partial charge in [-0.2, -0.15) is 0 Å². The summed E-state index contributed by atoms with van der Waals surface area (Å²) in [5.74, 6) is -0.941. The third-order valence-electron chi connectivity index (χ3n) is 4.06. The van der Waals surface area contributed by atoms with E-state index in [1.165, 1.54) is 11.9 Å². The van der Waals surface area contributed by atoms with Crippen LogP contribution in [0.15, 0.2) is 18.2 Å². The van der Waals surface area contributed by atoms with Crippen LogP contribution in [-0.4, -0.2) is 61.1 Å². The van der Waals surface area contributed by atoms with Gasteiger partial charge in [-0.1, -0.05) is 0 Å². The maximum atomic E-state index is 12.3. The molecular weight excluding hydrogens is 316 g/mol. The molecule has 3 rings (SSSR count). The minimum absolute atomic E-state index is 0.0667. The van der Waals surface area contributed by atoms with Crippen LogP contribution >= 0.6 is 0 Å². The van der Waals surface area contributed by atoms with Crippen molar-refractivity contribution in [3.8, 4) is 11.5 Å². The Balaban J connectivity index is 1.73. The number of carbonyl (C=O) groups excluding carboxylic acids is 2. The highest BCUT2D eigenvalue weighted by molar-refractivity contribution is 6.00. The van der Waals surface area contributed by atoms with E-state index in [9.17, 15) is 14.4 Å². The van der Waals surface area contributed by atoms with Crippen molar-refractivity contribution in [1.29, 1.82) is 0 Å². The van der Waals surface area contributed by atoms with Gasteiger partial charge >= 0.3 is 5.97 Å². The molecule has 1 aromatic rings. The molecular formula is C16H18N2O6. The van der Waals surface area contributed by atoms with E-state index in [4.69, 9.17) is 14.6 Å².